The molecule has 1 fully saturated rings. The highest BCUT2D eigenvalue weighted by Gasteiger charge is 2.26. The summed E-state index contributed by atoms with van der Waals surface area (Å²) in [6, 6.07) is 11.0. The van der Waals surface area contributed by atoms with E-state index in [0.717, 1.165) is 24.8 Å². The molecular formula is C22H26ClN3O3. The Morgan fingerprint density at radius 2 is 2.03 bits per heavy atom. The lowest BCUT2D eigenvalue weighted by molar-refractivity contribution is -0.121. The first-order valence-electron chi connectivity index (χ1n) is 9.86. The van der Waals surface area contributed by atoms with Crippen LogP contribution in [0.4, 0.5) is 0 Å². The summed E-state index contributed by atoms with van der Waals surface area (Å²) in [6.45, 7) is 1.86. The monoisotopic (exact) mass is 415 g/mol. The fourth-order valence-electron chi connectivity index (χ4n) is 3.58. The van der Waals surface area contributed by atoms with Crippen LogP contribution in [0.5, 0.6) is 5.88 Å². The molecule has 2 heterocycles. The van der Waals surface area contributed by atoms with E-state index in [2.05, 4.69) is 10.3 Å². The van der Waals surface area contributed by atoms with Gasteiger partial charge in [-0.15, -0.1) is 0 Å². The van der Waals surface area contributed by atoms with Gasteiger partial charge in [0.2, 0.25) is 11.8 Å². The molecule has 1 saturated heterocycles. The number of amides is 2. The summed E-state index contributed by atoms with van der Waals surface area (Å²) in [4.78, 5) is 30.8. The normalized spacial score (nSPS) is 14.5. The molecule has 29 heavy (non-hydrogen) atoms. The van der Waals surface area contributed by atoms with Crippen LogP contribution >= 0.6 is 11.6 Å². The van der Waals surface area contributed by atoms with E-state index in [0.29, 0.717) is 48.4 Å². The van der Waals surface area contributed by atoms with Crippen molar-refractivity contribution >= 4 is 23.4 Å². The maximum absolute atomic E-state index is 12.7. The van der Waals surface area contributed by atoms with Crippen molar-refractivity contribution in [2.75, 3.05) is 20.2 Å². The van der Waals surface area contributed by atoms with Gasteiger partial charge in [-0.2, -0.15) is 0 Å². The zero-order valence-electron chi connectivity index (χ0n) is 16.6. The molecule has 1 aromatic heterocycles. The highest BCUT2D eigenvalue weighted by atomic mass is 35.5. The quantitative estimate of drug-likeness (QED) is 0.748. The van der Waals surface area contributed by atoms with Gasteiger partial charge in [0.1, 0.15) is 5.56 Å². The van der Waals surface area contributed by atoms with E-state index in [-0.39, 0.29) is 11.8 Å². The first-order valence-corrected chi connectivity index (χ1v) is 10.2. The maximum Gasteiger partial charge on any atom is 0.259 e. The standard InChI is InChI=1S/C22H26ClN3O3/c1-29-21-19(6-3-11-24-21)22(28)26-12-9-16(10-13-26)7-8-20(27)25-15-17-4-2-5-18(23)14-17/h2-6,11,14,16H,7-10,12-13,15H2,1H3,(H,25,27). The second-order valence-corrected chi connectivity index (χ2v) is 7.68. The van der Waals surface area contributed by atoms with Crippen LogP contribution in [-0.4, -0.2) is 41.9 Å². The third kappa shape index (κ3) is 5.94. The molecule has 1 aliphatic heterocycles. The topological polar surface area (TPSA) is 71.5 Å². The highest BCUT2D eigenvalue weighted by molar-refractivity contribution is 6.30. The number of pyridine rings is 1. The number of nitrogens with one attached hydrogen (secondary N) is 1. The van der Waals surface area contributed by atoms with E-state index in [9.17, 15) is 9.59 Å². The summed E-state index contributed by atoms with van der Waals surface area (Å²) in [7, 11) is 1.52. The molecule has 0 bridgehead atoms. The number of ether oxygens (including phenoxy) is 1. The molecule has 0 saturated carbocycles. The smallest absolute Gasteiger partial charge is 0.259 e. The third-order valence-electron chi connectivity index (χ3n) is 5.26. The number of methoxy groups -OCH3 is 1. The summed E-state index contributed by atoms with van der Waals surface area (Å²) in [5.74, 6) is 0.805. The molecule has 7 heteroatoms. The molecule has 2 amide bonds. The zero-order chi connectivity index (χ0) is 20.6. The summed E-state index contributed by atoms with van der Waals surface area (Å²) in [6.07, 6.45) is 4.74. The van der Waals surface area contributed by atoms with Crippen LogP contribution in [0.25, 0.3) is 0 Å². The van der Waals surface area contributed by atoms with Crippen molar-refractivity contribution in [3.8, 4) is 5.88 Å². The summed E-state index contributed by atoms with van der Waals surface area (Å²) in [5, 5.41) is 3.61. The van der Waals surface area contributed by atoms with E-state index in [1.54, 1.807) is 18.3 Å². The Kier molecular flexibility index (Phi) is 7.47. The van der Waals surface area contributed by atoms with Gasteiger partial charge < -0.3 is 15.0 Å². The van der Waals surface area contributed by atoms with Gasteiger partial charge in [0.25, 0.3) is 5.91 Å². The second-order valence-electron chi connectivity index (χ2n) is 7.24. The van der Waals surface area contributed by atoms with Crippen molar-refractivity contribution in [3.63, 3.8) is 0 Å². The number of hydrogen-bond acceptors (Lipinski definition) is 4. The SMILES string of the molecule is COc1ncccc1C(=O)N1CCC(CCC(=O)NCc2cccc(Cl)c2)CC1. The van der Waals surface area contributed by atoms with Crippen molar-refractivity contribution < 1.29 is 14.3 Å². The Labute approximate surface area is 176 Å². The summed E-state index contributed by atoms with van der Waals surface area (Å²) >= 11 is 5.96. The van der Waals surface area contributed by atoms with Crippen LogP contribution in [0.1, 0.15) is 41.6 Å². The van der Waals surface area contributed by atoms with Crippen molar-refractivity contribution in [1.29, 1.82) is 0 Å². The molecule has 0 atom stereocenters. The lowest BCUT2D eigenvalue weighted by atomic mass is 9.91. The molecule has 2 aromatic rings. The van der Waals surface area contributed by atoms with E-state index in [1.165, 1.54) is 7.11 Å². The van der Waals surface area contributed by atoms with Crippen LogP contribution < -0.4 is 10.1 Å². The Morgan fingerprint density at radius 1 is 1.24 bits per heavy atom. The average Bonchev–Trinajstić information content (AvgIpc) is 2.76. The van der Waals surface area contributed by atoms with Crippen LogP contribution in [0.3, 0.4) is 0 Å². The average molecular weight is 416 g/mol. The van der Waals surface area contributed by atoms with Crippen LogP contribution in [0.15, 0.2) is 42.6 Å². The Bertz CT molecular complexity index is 851. The fourth-order valence-corrected chi connectivity index (χ4v) is 3.80. The number of carbonyl (C=O) groups is 2. The number of carbonyl (C=O) groups excluding carboxylic acids is 2. The van der Waals surface area contributed by atoms with Gasteiger partial charge in [0.05, 0.1) is 7.11 Å². The summed E-state index contributed by atoms with van der Waals surface area (Å²) < 4.78 is 5.19. The number of likely N-dealkylation sites (tertiary alicyclic amines) is 1. The first-order chi connectivity index (χ1) is 14.1. The van der Waals surface area contributed by atoms with E-state index in [4.69, 9.17) is 16.3 Å². The van der Waals surface area contributed by atoms with E-state index >= 15 is 0 Å². The number of hydrogen-bond donors (Lipinski definition) is 1. The minimum absolute atomic E-state index is 0.0450. The van der Waals surface area contributed by atoms with Gasteiger partial charge in [-0.05, 0) is 55.0 Å². The molecule has 1 aromatic carbocycles. The van der Waals surface area contributed by atoms with Crippen molar-refractivity contribution in [2.45, 2.75) is 32.2 Å². The molecule has 154 valence electrons. The molecule has 0 unspecified atom stereocenters. The van der Waals surface area contributed by atoms with Gasteiger partial charge >= 0.3 is 0 Å². The van der Waals surface area contributed by atoms with Crippen LogP contribution in [-0.2, 0) is 11.3 Å². The molecule has 0 aliphatic carbocycles. The predicted molar refractivity (Wildman–Crippen MR) is 112 cm³/mol. The van der Waals surface area contributed by atoms with Gasteiger partial charge in [-0.3, -0.25) is 9.59 Å². The number of benzene rings is 1. The Morgan fingerprint density at radius 3 is 2.76 bits per heavy atom. The maximum atomic E-state index is 12.7. The van der Waals surface area contributed by atoms with Crippen LogP contribution in [0.2, 0.25) is 5.02 Å². The molecule has 1 N–H and O–H groups in total. The molecule has 6 nitrogen and oxygen atoms in total. The molecule has 0 spiro atoms. The second kappa shape index (κ2) is 10.3. The lowest BCUT2D eigenvalue weighted by Gasteiger charge is -2.32. The zero-order valence-corrected chi connectivity index (χ0v) is 17.3. The predicted octanol–water partition coefficient (Wildman–Crippen LogP) is 3.69. The molecule has 1 aliphatic rings. The minimum Gasteiger partial charge on any atom is -0.480 e. The first kappa shape index (κ1) is 21.1. The number of piperidine rings is 1. The highest BCUT2D eigenvalue weighted by Crippen LogP contribution is 2.25. The Balaban J connectivity index is 1.40. The van der Waals surface area contributed by atoms with Gasteiger partial charge in [-0.1, -0.05) is 23.7 Å². The van der Waals surface area contributed by atoms with Crippen molar-refractivity contribution in [2.24, 2.45) is 5.92 Å². The molecule has 0 radical (unpaired) electrons. The molecular weight excluding hydrogens is 390 g/mol. The number of rotatable bonds is 7. The van der Waals surface area contributed by atoms with Gasteiger partial charge in [0, 0.05) is 37.3 Å². The van der Waals surface area contributed by atoms with E-state index < -0.39 is 0 Å². The number of nitrogens with zero attached hydrogens (tertiary/aromatic N) is 2. The van der Waals surface area contributed by atoms with Crippen molar-refractivity contribution in [3.05, 3.63) is 58.7 Å². The van der Waals surface area contributed by atoms with E-state index in [1.807, 2.05) is 29.2 Å². The van der Waals surface area contributed by atoms with Crippen LogP contribution in [0, 0.1) is 5.92 Å². The number of aromatic nitrogens is 1. The molecule has 3 rings (SSSR count). The fraction of sp³-hybridized carbons (Fsp3) is 0.409. The third-order valence-corrected chi connectivity index (χ3v) is 5.49. The largest absolute Gasteiger partial charge is 0.480 e. The van der Waals surface area contributed by atoms with Crippen molar-refractivity contribution in [1.82, 2.24) is 15.2 Å². The number of halogens is 1. The lowest BCUT2D eigenvalue weighted by Crippen LogP contribution is -2.39. The summed E-state index contributed by atoms with van der Waals surface area (Å²) in [5.41, 5.74) is 1.48. The minimum atomic E-state index is -0.0485. The Hall–Kier alpha value is -2.60. The van der Waals surface area contributed by atoms with Gasteiger partial charge in [-0.25, -0.2) is 4.98 Å². The van der Waals surface area contributed by atoms with Gasteiger partial charge in [0.15, 0.2) is 0 Å².